The van der Waals surface area contributed by atoms with Gasteiger partial charge in [0.15, 0.2) is 0 Å². The van der Waals surface area contributed by atoms with Gasteiger partial charge in [-0.1, -0.05) is 0 Å². The van der Waals surface area contributed by atoms with E-state index in [-0.39, 0.29) is 0 Å². The highest BCUT2D eigenvalue weighted by atomic mass is 16.5. The molecule has 2 unspecified atom stereocenters. The maximum absolute atomic E-state index is 5.62. The molecule has 0 aromatic heterocycles. The van der Waals surface area contributed by atoms with E-state index in [1.54, 1.807) is 0 Å². The van der Waals surface area contributed by atoms with Crippen LogP contribution in [0.5, 0.6) is 0 Å². The zero-order valence-electron chi connectivity index (χ0n) is 8.09. The van der Waals surface area contributed by atoms with Crippen molar-refractivity contribution in [2.24, 2.45) is 17.6 Å². The second-order valence-corrected chi connectivity index (χ2v) is 3.67. The molecule has 2 N–H and O–H groups in total. The summed E-state index contributed by atoms with van der Waals surface area (Å²) >= 11 is 0. The number of ether oxygens (including phenoxy) is 1. The van der Waals surface area contributed by atoms with Crippen LogP contribution in [-0.2, 0) is 4.74 Å². The molecule has 0 saturated heterocycles. The lowest BCUT2D eigenvalue weighted by Crippen LogP contribution is -2.32. The summed E-state index contributed by atoms with van der Waals surface area (Å²) in [5.74, 6) is 1.74. The summed E-state index contributed by atoms with van der Waals surface area (Å²) in [5, 5.41) is 0. The van der Waals surface area contributed by atoms with Gasteiger partial charge in [0, 0.05) is 13.2 Å². The summed E-state index contributed by atoms with van der Waals surface area (Å²) < 4.78 is 5.29. The summed E-state index contributed by atoms with van der Waals surface area (Å²) in [6.07, 6.45) is 5.29. The molecule has 0 aromatic carbocycles. The molecule has 0 bridgehead atoms. The molecule has 0 radical (unpaired) electrons. The normalized spacial score (nSPS) is 28.5. The predicted molar refractivity (Wildman–Crippen MR) is 51.0 cm³/mol. The van der Waals surface area contributed by atoms with Gasteiger partial charge in [0.05, 0.1) is 0 Å². The van der Waals surface area contributed by atoms with Gasteiger partial charge in [0.25, 0.3) is 0 Å². The van der Waals surface area contributed by atoms with E-state index < -0.39 is 0 Å². The van der Waals surface area contributed by atoms with Gasteiger partial charge in [0.1, 0.15) is 0 Å². The van der Waals surface area contributed by atoms with Crippen LogP contribution in [0.4, 0.5) is 0 Å². The van der Waals surface area contributed by atoms with E-state index in [0.29, 0.717) is 0 Å². The van der Waals surface area contributed by atoms with Crippen molar-refractivity contribution in [1.29, 1.82) is 0 Å². The van der Waals surface area contributed by atoms with E-state index >= 15 is 0 Å². The van der Waals surface area contributed by atoms with E-state index in [0.717, 1.165) is 31.6 Å². The maximum atomic E-state index is 5.62. The molecule has 1 rings (SSSR count). The fraction of sp³-hybridized carbons (Fsp3) is 1.00. The van der Waals surface area contributed by atoms with Crippen LogP contribution >= 0.6 is 0 Å². The molecule has 0 heterocycles. The van der Waals surface area contributed by atoms with E-state index in [2.05, 4.69) is 0 Å². The van der Waals surface area contributed by atoms with E-state index in [1.807, 2.05) is 6.92 Å². The zero-order valence-corrected chi connectivity index (χ0v) is 8.09. The second-order valence-electron chi connectivity index (χ2n) is 3.67. The number of hydrogen-bond acceptors (Lipinski definition) is 2. The van der Waals surface area contributed by atoms with Gasteiger partial charge in [0.2, 0.25) is 0 Å². The highest BCUT2D eigenvalue weighted by Gasteiger charge is 2.28. The molecule has 1 aliphatic rings. The van der Waals surface area contributed by atoms with Gasteiger partial charge in [-0.15, -0.1) is 0 Å². The van der Waals surface area contributed by atoms with Gasteiger partial charge in [-0.3, -0.25) is 0 Å². The standard InChI is InChI=1S/C10H21NO/c1-2-12-7-3-4-9-5-6-10(9)8-11/h9-10H,2-8,11H2,1H3. The lowest BCUT2D eigenvalue weighted by atomic mass is 9.71. The molecule has 0 aliphatic heterocycles. The molecule has 1 aliphatic carbocycles. The first-order valence-electron chi connectivity index (χ1n) is 5.16. The summed E-state index contributed by atoms with van der Waals surface area (Å²) in [6.45, 7) is 4.72. The van der Waals surface area contributed by atoms with Crippen LogP contribution in [0, 0.1) is 11.8 Å². The average molecular weight is 171 g/mol. The maximum Gasteiger partial charge on any atom is 0.0465 e. The summed E-state index contributed by atoms with van der Waals surface area (Å²) in [7, 11) is 0. The molecule has 0 amide bonds. The highest BCUT2D eigenvalue weighted by Crippen LogP contribution is 2.36. The summed E-state index contributed by atoms with van der Waals surface area (Å²) in [5.41, 5.74) is 5.62. The Morgan fingerprint density at radius 1 is 1.33 bits per heavy atom. The Bertz CT molecular complexity index is 114. The minimum Gasteiger partial charge on any atom is -0.382 e. The molecule has 2 nitrogen and oxygen atoms in total. The zero-order chi connectivity index (χ0) is 8.81. The van der Waals surface area contributed by atoms with Crippen LogP contribution in [0.2, 0.25) is 0 Å². The van der Waals surface area contributed by atoms with Crippen molar-refractivity contribution < 1.29 is 4.74 Å². The summed E-state index contributed by atoms with van der Waals surface area (Å²) in [4.78, 5) is 0. The molecular weight excluding hydrogens is 150 g/mol. The summed E-state index contributed by atoms with van der Waals surface area (Å²) in [6, 6.07) is 0. The van der Waals surface area contributed by atoms with Crippen molar-refractivity contribution in [3.63, 3.8) is 0 Å². The second kappa shape index (κ2) is 5.55. The fourth-order valence-electron chi connectivity index (χ4n) is 1.92. The van der Waals surface area contributed by atoms with Gasteiger partial charge in [-0.2, -0.15) is 0 Å². The topological polar surface area (TPSA) is 35.2 Å². The van der Waals surface area contributed by atoms with Crippen LogP contribution in [0.15, 0.2) is 0 Å². The van der Waals surface area contributed by atoms with E-state index in [4.69, 9.17) is 10.5 Å². The van der Waals surface area contributed by atoms with Gasteiger partial charge in [-0.25, -0.2) is 0 Å². The van der Waals surface area contributed by atoms with Crippen LogP contribution in [0.3, 0.4) is 0 Å². The van der Waals surface area contributed by atoms with Crippen molar-refractivity contribution >= 4 is 0 Å². The number of rotatable bonds is 6. The molecule has 1 fully saturated rings. The smallest absolute Gasteiger partial charge is 0.0465 e. The molecule has 0 aromatic rings. The molecule has 72 valence electrons. The van der Waals surface area contributed by atoms with Crippen molar-refractivity contribution in [3.05, 3.63) is 0 Å². The Kier molecular flexibility index (Phi) is 4.62. The van der Waals surface area contributed by atoms with Crippen molar-refractivity contribution in [3.8, 4) is 0 Å². The van der Waals surface area contributed by atoms with Gasteiger partial charge in [-0.05, 0) is 51.0 Å². The lowest BCUT2D eigenvalue weighted by molar-refractivity contribution is 0.115. The van der Waals surface area contributed by atoms with Gasteiger partial charge < -0.3 is 10.5 Å². The third-order valence-corrected chi connectivity index (χ3v) is 2.95. The Morgan fingerprint density at radius 3 is 2.58 bits per heavy atom. The van der Waals surface area contributed by atoms with E-state index in [9.17, 15) is 0 Å². The van der Waals surface area contributed by atoms with Crippen LogP contribution < -0.4 is 5.73 Å². The first kappa shape index (κ1) is 10.0. The molecule has 1 saturated carbocycles. The molecule has 0 spiro atoms. The van der Waals surface area contributed by atoms with Gasteiger partial charge >= 0.3 is 0 Å². The van der Waals surface area contributed by atoms with E-state index in [1.165, 1.54) is 25.7 Å². The Labute approximate surface area is 75.5 Å². The molecular formula is C10H21NO. The SMILES string of the molecule is CCOCCCC1CCC1CN. The van der Waals surface area contributed by atoms with Crippen molar-refractivity contribution in [2.45, 2.75) is 32.6 Å². The quantitative estimate of drug-likeness (QED) is 0.618. The lowest BCUT2D eigenvalue weighted by Gasteiger charge is -2.35. The Morgan fingerprint density at radius 2 is 2.08 bits per heavy atom. The highest BCUT2D eigenvalue weighted by molar-refractivity contribution is 4.80. The first-order valence-corrected chi connectivity index (χ1v) is 5.16. The van der Waals surface area contributed by atoms with Crippen LogP contribution in [-0.4, -0.2) is 19.8 Å². The van der Waals surface area contributed by atoms with Crippen LogP contribution in [0.1, 0.15) is 32.6 Å². The van der Waals surface area contributed by atoms with Crippen molar-refractivity contribution in [1.82, 2.24) is 0 Å². The van der Waals surface area contributed by atoms with Crippen LogP contribution in [0.25, 0.3) is 0 Å². The number of nitrogens with two attached hydrogens (primary N) is 1. The fourth-order valence-corrected chi connectivity index (χ4v) is 1.92. The largest absolute Gasteiger partial charge is 0.382 e. The van der Waals surface area contributed by atoms with Crippen molar-refractivity contribution in [2.75, 3.05) is 19.8 Å². The third kappa shape index (κ3) is 2.76. The Hall–Kier alpha value is -0.0800. The number of hydrogen-bond donors (Lipinski definition) is 1. The minimum absolute atomic E-state index is 0.826. The average Bonchev–Trinajstić information content (AvgIpc) is 2.03. The monoisotopic (exact) mass is 171 g/mol. The Balaban J connectivity index is 1.93. The first-order chi connectivity index (χ1) is 5.88. The molecule has 2 atom stereocenters. The third-order valence-electron chi connectivity index (χ3n) is 2.95. The molecule has 2 heteroatoms. The minimum atomic E-state index is 0.826. The predicted octanol–water partition coefficient (Wildman–Crippen LogP) is 1.79. The molecule has 12 heavy (non-hydrogen) atoms.